The van der Waals surface area contributed by atoms with Crippen LogP contribution in [-0.4, -0.2) is 4.57 Å². The average molecular weight is 318 g/mol. The molecule has 3 heteroatoms. The fourth-order valence-electron chi connectivity index (χ4n) is 2.67. The first-order valence-electron chi connectivity index (χ1n) is 7.22. The molecule has 0 saturated carbocycles. The van der Waals surface area contributed by atoms with Crippen LogP contribution in [0.3, 0.4) is 0 Å². The molecule has 0 saturated heterocycles. The van der Waals surface area contributed by atoms with Crippen molar-refractivity contribution in [1.29, 1.82) is 0 Å². The van der Waals surface area contributed by atoms with Crippen LogP contribution in [0.4, 0.5) is 0 Å². The lowest BCUT2D eigenvalue weighted by molar-refractivity contribution is 0.624. The molecule has 108 valence electrons. The molecule has 0 aliphatic heterocycles. The molecular weight excluding hydrogens is 301 g/mol. The van der Waals surface area contributed by atoms with Crippen molar-refractivity contribution >= 4 is 34.1 Å². The number of hydrogen-bond donors (Lipinski definition) is 0. The van der Waals surface area contributed by atoms with Gasteiger partial charge in [-0.25, -0.2) is 0 Å². The fraction of sp³-hybridized carbons (Fsp3) is 0.222. The average Bonchev–Trinajstić information content (AvgIpc) is 2.88. The highest BCUT2D eigenvalue weighted by Gasteiger charge is 2.06. The number of aromatic nitrogens is 1. The maximum absolute atomic E-state index is 6.22. The summed E-state index contributed by atoms with van der Waals surface area (Å²) >= 11 is 12.3. The largest absolute Gasteiger partial charge is 0.347 e. The third-order valence-electron chi connectivity index (χ3n) is 3.76. The SMILES string of the molecule is Clc1cc(Cl)c2ccn(CCCCc3ccccc3)c2c1. The number of rotatable bonds is 5. The predicted molar refractivity (Wildman–Crippen MR) is 91.3 cm³/mol. The Hall–Kier alpha value is -1.44. The zero-order valence-corrected chi connectivity index (χ0v) is 13.2. The number of hydrogen-bond acceptors (Lipinski definition) is 0. The van der Waals surface area contributed by atoms with E-state index in [-0.39, 0.29) is 0 Å². The predicted octanol–water partition coefficient (Wildman–Crippen LogP) is 5.97. The normalized spacial score (nSPS) is 11.1. The van der Waals surface area contributed by atoms with Crippen molar-refractivity contribution in [2.45, 2.75) is 25.8 Å². The summed E-state index contributed by atoms with van der Waals surface area (Å²) in [5.41, 5.74) is 2.52. The van der Waals surface area contributed by atoms with Gasteiger partial charge < -0.3 is 4.57 Å². The van der Waals surface area contributed by atoms with Crippen molar-refractivity contribution in [3.8, 4) is 0 Å². The number of aryl methyl sites for hydroxylation is 2. The van der Waals surface area contributed by atoms with E-state index in [1.54, 1.807) is 6.07 Å². The van der Waals surface area contributed by atoms with Crippen LogP contribution in [0.15, 0.2) is 54.7 Å². The Bertz CT molecular complexity index is 732. The second-order valence-corrected chi connectivity index (χ2v) is 6.12. The summed E-state index contributed by atoms with van der Waals surface area (Å²) in [7, 11) is 0. The maximum Gasteiger partial charge on any atom is 0.0514 e. The van der Waals surface area contributed by atoms with Crippen LogP contribution in [0, 0.1) is 0 Å². The molecule has 0 aliphatic rings. The quantitative estimate of drug-likeness (QED) is 0.511. The summed E-state index contributed by atoms with van der Waals surface area (Å²) < 4.78 is 2.23. The van der Waals surface area contributed by atoms with E-state index >= 15 is 0 Å². The Morgan fingerprint density at radius 2 is 1.71 bits per heavy atom. The highest BCUT2D eigenvalue weighted by Crippen LogP contribution is 2.28. The number of benzene rings is 2. The summed E-state index contributed by atoms with van der Waals surface area (Å²) in [6, 6.07) is 16.5. The van der Waals surface area contributed by atoms with Crippen LogP contribution < -0.4 is 0 Å². The lowest BCUT2D eigenvalue weighted by atomic mass is 10.1. The standard InChI is InChI=1S/C18H17Cl2N/c19-15-12-17(20)16-9-11-21(18(16)13-15)10-5-4-8-14-6-2-1-3-7-14/h1-3,6-7,9,11-13H,4-5,8,10H2. The zero-order chi connectivity index (χ0) is 14.7. The third-order valence-corrected chi connectivity index (χ3v) is 4.29. The Labute approximate surface area is 135 Å². The van der Waals surface area contributed by atoms with Crippen LogP contribution >= 0.6 is 23.2 Å². The molecule has 3 aromatic rings. The van der Waals surface area contributed by atoms with Crippen LogP contribution in [0.2, 0.25) is 10.0 Å². The van der Waals surface area contributed by atoms with E-state index in [4.69, 9.17) is 23.2 Å². The van der Waals surface area contributed by atoms with Crippen molar-refractivity contribution in [2.75, 3.05) is 0 Å². The molecule has 0 fully saturated rings. The van der Waals surface area contributed by atoms with Crippen LogP contribution in [0.25, 0.3) is 10.9 Å². The van der Waals surface area contributed by atoms with Crippen molar-refractivity contribution in [3.63, 3.8) is 0 Å². The first-order valence-corrected chi connectivity index (χ1v) is 7.97. The molecule has 1 heterocycles. The van der Waals surface area contributed by atoms with Crippen molar-refractivity contribution in [1.82, 2.24) is 4.57 Å². The van der Waals surface area contributed by atoms with E-state index in [1.807, 2.05) is 6.07 Å². The molecule has 21 heavy (non-hydrogen) atoms. The van der Waals surface area contributed by atoms with Gasteiger partial charge >= 0.3 is 0 Å². The molecule has 1 aromatic heterocycles. The highest BCUT2D eigenvalue weighted by molar-refractivity contribution is 6.38. The number of halogens is 2. The lowest BCUT2D eigenvalue weighted by Crippen LogP contribution is -1.97. The zero-order valence-electron chi connectivity index (χ0n) is 11.7. The van der Waals surface area contributed by atoms with Gasteiger partial charge in [0.25, 0.3) is 0 Å². The Morgan fingerprint density at radius 3 is 2.52 bits per heavy atom. The Balaban J connectivity index is 1.63. The summed E-state index contributed by atoms with van der Waals surface area (Å²) in [6.45, 7) is 0.993. The van der Waals surface area contributed by atoms with Gasteiger partial charge in [-0.3, -0.25) is 0 Å². The molecule has 0 amide bonds. The van der Waals surface area contributed by atoms with Crippen molar-refractivity contribution < 1.29 is 0 Å². The monoisotopic (exact) mass is 317 g/mol. The Kier molecular flexibility index (Phi) is 4.52. The fourth-order valence-corrected chi connectivity index (χ4v) is 3.22. The van der Waals surface area contributed by atoms with Gasteiger partial charge in [-0.15, -0.1) is 0 Å². The number of nitrogens with zero attached hydrogens (tertiary/aromatic N) is 1. The van der Waals surface area contributed by atoms with Gasteiger partial charge in [0.2, 0.25) is 0 Å². The molecule has 0 N–H and O–H groups in total. The minimum absolute atomic E-state index is 0.691. The van der Waals surface area contributed by atoms with E-state index in [2.05, 4.69) is 47.2 Å². The molecule has 3 rings (SSSR count). The minimum Gasteiger partial charge on any atom is -0.347 e. The summed E-state index contributed by atoms with van der Waals surface area (Å²) in [5.74, 6) is 0. The molecule has 0 bridgehead atoms. The molecule has 1 nitrogen and oxygen atoms in total. The molecule has 2 aromatic carbocycles. The number of fused-ring (bicyclic) bond motifs is 1. The third kappa shape index (κ3) is 3.42. The molecule has 0 radical (unpaired) electrons. The van der Waals surface area contributed by atoms with Crippen LogP contribution in [0.5, 0.6) is 0 Å². The van der Waals surface area contributed by atoms with Gasteiger partial charge in [-0.05, 0) is 43.0 Å². The van der Waals surface area contributed by atoms with Gasteiger partial charge in [-0.2, -0.15) is 0 Å². The molecular formula is C18H17Cl2N. The van der Waals surface area contributed by atoms with Gasteiger partial charge in [0.15, 0.2) is 0 Å². The van der Waals surface area contributed by atoms with Crippen molar-refractivity contribution in [2.24, 2.45) is 0 Å². The number of unbranched alkanes of at least 4 members (excludes halogenated alkanes) is 1. The van der Waals surface area contributed by atoms with E-state index < -0.39 is 0 Å². The second-order valence-electron chi connectivity index (χ2n) is 5.27. The topological polar surface area (TPSA) is 4.93 Å². The molecule has 0 atom stereocenters. The van der Waals surface area contributed by atoms with Crippen LogP contribution in [-0.2, 0) is 13.0 Å². The van der Waals surface area contributed by atoms with E-state index in [0.717, 1.165) is 35.3 Å². The summed E-state index contributed by atoms with van der Waals surface area (Å²) in [4.78, 5) is 0. The van der Waals surface area contributed by atoms with Gasteiger partial charge in [0, 0.05) is 23.2 Å². The second kappa shape index (κ2) is 6.55. The smallest absolute Gasteiger partial charge is 0.0514 e. The minimum atomic E-state index is 0.691. The Morgan fingerprint density at radius 1 is 0.905 bits per heavy atom. The lowest BCUT2D eigenvalue weighted by Gasteiger charge is -2.06. The first-order chi connectivity index (χ1) is 10.2. The maximum atomic E-state index is 6.22. The highest BCUT2D eigenvalue weighted by atomic mass is 35.5. The van der Waals surface area contributed by atoms with Crippen LogP contribution in [0.1, 0.15) is 18.4 Å². The molecule has 0 unspecified atom stereocenters. The van der Waals surface area contributed by atoms with E-state index in [1.165, 1.54) is 12.0 Å². The van der Waals surface area contributed by atoms with E-state index in [9.17, 15) is 0 Å². The first kappa shape index (κ1) is 14.5. The van der Waals surface area contributed by atoms with Crippen molar-refractivity contribution in [3.05, 3.63) is 70.3 Å². The van der Waals surface area contributed by atoms with Gasteiger partial charge in [0.05, 0.1) is 10.5 Å². The van der Waals surface area contributed by atoms with E-state index in [0.29, 0.717) is 5.02 Å². The molecule has 0 aliphatic carbocycles. The summed E-state index contributed by atoms with van der Waals surface area (Å²) in [5, 5.41) is 2.49. The summed E-state index contributed by atoms with van der Waals surface area (Å²) in [6.07, 6.45) is 5.54. The molecule has 0 spiro atoms. The van der Waals surface area contributed by atoms with Gasteiger partial charge in [0.1, 0.15) is 0 Å². The van der Waals surface area contributed by atoms with Gasteiger partial charge in [-0.1, -0.05) is 53.5 Å².